The molecule has 1 aliphatic heterocycles. The Balaban J connectivity index is 1.46. The number of benzene rings is 2. The van der Waals surface area contributed by atoms with Gasteiger partial charge in [0.25, 0.3) is 5.91 Å². The van der Waals surface area contributed by atoms with Crippen LogP contribution in [0.4, 0.5) is 18.9 Å². The molecule has 2 amide bonds. The molecular formula is C21H19F3N2O2. The first-order valence-electron chi connectivity index (χ1n) is 9.20. The van der Waals surface area contributed by atoms with Crippen LogP contribution in [0.15, 0.2) is 42.5 Å². The Morgan fingerprint density at radius 2 is 1.71 bits per heavy atom. The molecule has 0 saturated heterocycles. The molecule has 0 radical (unpaired) electrons. The number of carbonyl (C=O) groups is 2. The minimum Gasteiger partial charge on any atom is -0.338 e. The molecule has 0 spiro atoms. The molecule has 0 atom stereocenters. The summed E-state index contributed by atoms with van der Waals surface area (Å²) >= 11 is 0. The van der Waals surface area contributed by atoms with Crippen molar-refractivity contribution in [2.45, 2.75) is 32.0 Å². The lowest BCUT2D eigenvalue weighted by molar-refractivity contribution is -0.137. The van der Waals surface area contributed by atoms with Crippen LogP contribution in [-0.4, -0.2) is 23.3 Å². The summed E-state index contributed by atoms with van der Waals surface area (Å²) in [6.07, 6.45) is -1.73. The van der Waals surface area contributed by atoms with Gasteiger partial charge in [-0.05, 0) is 66.8 Å². The third-order valence-corrected chi connectivity index (χ3v) is 5.19. The lowest BCUT2D eigenvalue weighted by Crippen LogP contribution is -2.36. The van der Waals surface area contributed by atoms with E-state index < -0.39 is 17.6 Å². The minimum absolute atomic E-state index is 0.149. The van der Waals surface area contributed by atoms with Gasteiger partial charge < -0.3 is 10.2 Å². The Bertz CT molecular complexity index is 918. The average molecular weight is 388 g/mol. The smallest absolute Gasteiger partial charge is 0.338 e. The van der Waals surface area contributed by atoms with Gasteiger partial charge in [-0.2, -0.15) is 13.2 Å². The Kier molecular flexibility index (Phi) is 4.61. The van der Waals surface area contributed by atoms with Gasteiger partial charge >= 0.3 is 6.18 Å². The number of anilines is 1. The molecule has 2 aliphatic rings. The number of hydrogen-bond acceptors (Lipinski definition) is 2. The number of alkyl halides is 3. The van der Waals surface area contributed by atoms with Crippen LogP contribution >= 0.6 is 0 Å². The van der Waals surface area contributed by atoms with Crippen LogP contribution in [0, 0.1) is 5.92 Å². The zero-order chi connectivity index (χ0) is 19.9. The lowest BCUT2D eigenvalue weighted by atomic mass is 9.98. The topological polar surface area (TPSA) is 49.4 Å². The average Bonchev–Trinajstić information content (AvgIpc) is 3.51. The second-order valence-corrected chi connectivity index (χ2v) is 7.30. The summed E-state index contributed by atoms with van der Waals surface area (Å²) in [7, 11) is 0. The Morgan fingerprint density at radius 1 is 1.00 bits per heavy atom. The summed E-state index contributed by atoms with van der Waals surface area (Å²) in [5.74, 6) is -0.107. The fourth-order valence-corrected chi connectivity index (χ4v) is 3.43. The highest BCUT2D eigenvalue weighted by Gasteiger charge is 2.34. The monoisotopic (exact) mass is 388 g/mol. The molecular weight excluding hydrogens is 369 g/mol. The van der Waals surface area contributed by atoms with Crippen molar-refractivity contribution in [1.82, 2.24) is 4.90 Å². The van der Waals surface area contributed by atoms with E-state index in [9.17, 15) is 22.8 Å². The Labute approximate surface area is 160 Å². The van der Waals surface area contributed by atoms with Crippen LogP contribution in [0.25, 0.3) is 0 Å². The van der Waals surface area contributed by atoms with Crippen LogP contribution < -0.4 is 5.32 Å². The summed E-state index contributed by atoms with van der Waals surface area (Å²) in [5, 5.41) is 2.72. The number of rotatable bonds is 3. The number of carbonyl (C=O) groups excluding carboxylic acids is 2. The van der Waals surface area contributed by atoms with E-state index in [2.05, 4.69) is 5.32 Å². The SMILES string of the molecule is O=C(Nc1ccc2c(c1)CN(C(=O)C1CC1)CC2)c1ccc(C(F)(F)F)cc1. The van der Waals surface area contributed by atoms with Crippen LogP contribution in [0.5, 0.6) is 0 Å². The van der Waals surface area contributed by atoms with Crippen molar-refractivity contribution >= 4 is 17.5 Å². The van der Waals surface area contributed by atoms with Crippen molar-refractivity contribution < 1.29 is 22.8 Å². The fraction of sp³-hybridized carbons (Fsp3) is 0.333. The van der Waals surface area contributed by atoms with Gasteiger partial charge in [0.15, 0.2) is 0 Å². The molecule has 0 aromatic heterocycles. The summed E-state index contributed by atoms with van der Waals surface area (Å²) in [5.41, 5.74) is 2.05. The van der Waals surface area contributed by atoms with Crippen molar-refractivity contribution in [3.63, 3.8) is 0 Å². The maximum atomic E-state index is 12.6. The number of nitrogens with zero attached hydrogens (tertiary/aromatic N) is 1. The summed E-state index contributed by atoms with van der Waals surface area (Å²) < 4.78 is 37.9. The highest BCUT2D eigenvalue weighted by Crippen LogP contribution is 2.33. The van der Waals surface area contributed by atoms with Gasteiger partial charge in [0.1, 0.15) is 0 Å². The van der Waals surface area contributed by atoms with Crippen molar-refractivity contribution in [2.24, 2.45) is 5.92 Å². The first-order chi connectivity index (χ1) is 13.3. The predicted molar refractivity (Wildman–Crippen MR) is 97.7 cm³/mol. The Hall–Kier alpha value is -2.83. The quantitative estimate of drug-likeness (QED) is 0.855. The predicted octanol–water partition coefficient (Wildman–Crippen LogP) is 4.25. The summed E-state index contributed by atoms with van der Waals surface area (Å²) in [6.45, 7) is 1.23. The Morgan fingerprint density at radius 3 is 2.36 bits per heavy atom. The van der Waals surface area contributed by atoms with E-state index in [0.717, 1.165) is 54.7 Å². The molecule has 0 unspecified atom stereocenters. The van der Waals surface area contributed by atoms with E-state index in [0.29, 0.717) is 18.8 Å². The molecule has 7 heteroatoms. The van der Waals surface area contributed by atoms with Gasteiger partial charge in [-0.15, -0.1) is 0 Å². The van der Waals surface area contributed by atoms with E-state index >= 15 is 0 Å². The summed E-state index contributed by atoms with van der Waals surface area (Å²) in [4.78, 5) is 26.5. The molecule has 1 heterocycles. The van der Waals surface area contributed by atoms with E-state index in [1.807, 2.05) is 17.0 Å². The molecule has 146 valence electrons. The number of fused-ring (bicyclic) bond motifs is 1. The molecule has 1 fully saturated rings. The maximum absolute atomic E-state index is 12.6. The van der Waals surface area contributed by atoms with Crippen molar-refractivity contribution in [2.75, 3.05) is 11.9 Å². The van der Waals surface area contributed by atoms with Crippen molar-refractivity contribution in [1.29, 1.82) is 0 Å². The number of amides is 2. The fourth-order valence-electron chi connectivity index (χ4n) is 3.43. The molecule has 4 nitrogen and oxygen atoms in total. The van der Waals surface area contributed by atoms with Crippen LogP contribution in [0.3, 0.4) is 0 Å². The summed E-state index contributed by atoms with van der Waals surface area (Å²) in [6, 6.07) is 9.64. The molecule has 2 aromatic carbocycles. The van der Waals surface area contributed by atoms with E-state index in [4.69, 9.17) is 0 Å². The van der Waals surface area contributed by atoms with Crippen LogP contribution in [0.2, 0.25) is 0 Å². The van der Waals surface area contributed by atoms with Crippen LogP contribution in [0.1, 0.15) is 39.9 Å². The zero-order valence-corrected chi connectivity index (χ0v) is 15.1. The van der Waals surface area contributed by atoms with Gasteiger partial charge in [-0.3, -0.25) is 9.59 Å². The molecule has 0 bridgehead atoms. The highest BCUT2D eigenvalue weighted by molar-refractivity contribution is 6.04. The third kappa shape index (κ3) is 3.88. The molecule has 1 N–H and O–H groups in total. The molecule has 1 saturated carbocycles. The lowest BCUT2D eigenvalue weighted by Gasteiger charge is -2.29. The van der Waals surface area contributed by atoms with E-state index in [-0.39, 0.29) is 17.4 Å². The van der Waals surface area contributed by atoms with E-state index in [1.54, 1.807) is 6.07 Å². The second-order valence-electron chi connectivity index (χ2n) is 7.30. The minimum atomic E-state index is -4.43. The van der Waals surface area contributed by atoms with Gasteiger partial charge in [0.05, 0.1) is 5.56 Å². The molecule has 4 rings (SSSR count). The number of nitrogens with one attached hydrogen (secondary N) is 1. The number of halogens is 3. The molecule has 28 heavy (non-hydrogen) atoms. The second kappa shape index (κ2) is 6.96. The van der Waals surface area contributed by atoms with Crippen molar-refractivity contribution in [3.8, 4) is 0 Å². The van der Waals surface area contributed by atoms with Crippen molar-refractivity contribution in [3.05, 3.63) is 64.7 Å². The van der Waals surface area contributed by atoms with Crippen LogP contribution in [-0.2, 0) is 23.9 Å². The van der Waals surface area contributed by atoms with Gasteiger partial charge in [-0.25, -0.2) is 0 Å². The standard InChI is InChI=1S/C21H19F3N2O2/c22-21(23,24)17-6-3-14(4-7-17)19(27)25-18-8-5-13-9-10-26(12-16(13)11-18)20(28)15-1-2-15/h3-8,11,15H,1-2,9-10,12H2,(H,25,27). The number of hydrogen-bond donors (Lipinski definition) is 1. The molecule has 2 aromatic rings. The first-order valence-corrected chi connectivity index (χ1v) is 9.20. The van der Waals surface area contributed by atoms with E-state index in [1.165, 1.54) is 0 Å². The first kappa shape index (κ1) is 18.5. The zero-order valence-electron chi connectivity index (χ0n) is 15.1. The largest absolute Gasteiger partial charge is 0.416 e. The molecule has 1 aliphatic carbocycles. The highest BCUT2D eigenvalue weighted by atomic mass is 19.4. The van der Waals surface area contributed by atoms with Gasteiger partial charge in [0.2, 0.25) is 5.91 Å². The normalized spacial score (nSPS) is 16.5. The maximum Gasteiger partial charge on any atom is 0.416 e. The van der Waals surface area contributed by atoms with Gasteiger partial charge in [-0.1, -0.05) is 6.07 Å². The van der Waals surface area contributed by atoms with Gasteiger partial charge in [0, 0.05) is 30.3 Å². The third-order valence-electron chi connectivity index (χ3n) is 5.19.